The molecular weight excluding hydrogens is 270 g/mol. The average molecular weight is 293 g/mol. The standard InChI is InChI=1S/C16H23NO4/c1-16(2)10(7-11(16)21-3)17-14(18)12-8-4-5-9(6-8)13(12)15(19)20/h4-5,8-13H,6-7H2,1-3H3,(H,17,18)(H,19,20)/t8?,9?,10?,11?,12-,13+/m0/s1. The molecule has 0 aromatic heterocycles. The molecule has 0 aromatic carbocycles. The molecule has 6 atom stereocenters. The van der Waals surface area contributed by atoms with E-state index in [1.807, 2.05) is 12.2 Å². The van der Waals surface area contributed by atoms with Gasteiger partial charge in [-0.1, -0.05) is 26.0 Å². The van der Waals surface area contributed by atoms with Crippen molar-refractivity contribution in [3.63, 3.8) is 0 Å². The van der Waals surface area contributed by atoms with Crippen molar-refractivity contribution in [2.75, 3.05) is 7.11 Å². The van der Waals surface area contributed by atoms with E-state index in [4.69, 9.17) is 4.74 Å². The van der Waals surface area contributed by atoms with Gasteiger partial charge < -0.3 is 15.2 Å². The zero-order valence-electron chi connectivity index (χ0n) is 12.7. The molecule has 5 heteroatoms. The third-order valence-corrected chi connectivity index (χ3v) is 5.83. The summed E-state index contributed by atoms with van der Waals surface area (Å²) in [5.74, 6) is -1.85. The first-order chi connectivity index (χ1) is 9.86. The maximum Gasteiger partial charge on any atom is 0.307 e. The van der Waals surface area contributed by atoms with Gasteiger partial charge in [-0.15, -0.1) is 0 Å². The molecular formula is C16H23NO4. The topological polar surface area (TPSA) is 75.6 Å². The van der Waals surface area contributed by atoms with Gasteiger partial charge in [-0.25, -0.2) is 0 Å². The second kappa shape index (κ2) is 4.83. The largest absolute Gasteiger partial charge is 0.481 e. The Kier molecular flexibility index (Phi) is 3.35. The number of ether oxygens (including phenoxy) is 1. The Morgan fingerprint density at radius 3 is 2.33 bits per heavy atom. The lowest BCUT2D eigenvalue weighted by Crippen LogP contribution is -2.63. The maximum atomic E-state index is 12.6. The molecule has 116 valence electrons. The van der Waals surface area contributed by atoms with Gasteiger partial charge in [0, 0.05) is 18.6 Å². The second-order valence-corrected chi connectivity index (χ2v) is 7.18. The minimum Gasteiger partial charge on any atom is -0.481 e. The molecule has 0 aliphatic heterocycles. The van der Waals surface area contributed by atoms with Gasteiger partial charge in [-0.2, -0.15) is 0 Å². The van der Waals surface area contributed by atoms with E-state index in [9.17, 15) is 14.7 Å². The molecule has 0 aromatic rings. The Morgan fingerprint density at radius 2 is 1.81 bits per heavy atom. The number of carbonyl (C=O) groups is 2. The number of methoxy groups -OCH3 is 1. The van der Waals surface area contributed by atoms with Crippen LogP contribution in [0.2, 0.25) is 0 Å². The Labute approximate surface area is 124 Å². The lowest BCUT2D eigenvalue weighted by atomic mass is 9.64. The SMILES string of the molecule is COC1CC(NC(=O)[C@H]2C3C=CC(C3)[C@H]2C(=O)O)C1(C)C. The second-order valence-electron chi connectivity index (χ2n) is 7.18. The number of allylic oxidation sites excluding steroid dienone is 2. The van der Waals surface area contributed by atoms with Crippen LogP contribution in [0.5, 0.6) is 0 Å². The quantitative estimate of drug-likeness (QED) is 0.769. The lowest BCUT2D eigenvalue weighted by molar-refractivity contribution is -0.150. The smallest absolute Gasteiger partial charge is 0.307 e. The molecule has 3 aliphatic carbocycles. The van der Waals surface area contributed by atoms with Crippen molar-refractivity contribution in [2.24, 2.45) is 29.1 Å². The van der Waals surface area contributed by atoms with Gasteiger partial charge in [0.05, 0.1) is 17.9 Å². The first-order valence-electron chi connectivity index (χ1n) is 7.60. The van der Waals surface area contributed by atoms with Crippen molar-refractivity contribution in [1.29, 1.82) is 0 Å². The number of hydrogen-bond acceptors (Lipinski definition) is 3. The zero-order valence-corrected chi connectivity index (χ0v) is 12.7. The van der Waals surface area contributed by atoms with Crippen molar-refractivity contribution in [2.45, 2.75) is 38.8 Å². The third kappa shape index (κ3) is 2.09. The van der Waals surface area contributed by atoms with Crippen LogP contribution in [0, 0.1) is 29.1 Å². The predicted octanol–water partition coefficient (Wildman–Crippen LogP) is 1.44. The van der Waals surface area contributed by atoms with Crippen LogP contribution in [-0.4, -0.2) is 36.2 Å². The summed E-state index contributed by atoms with van der Waals surface area (Å²) in [5, 5.41) is 12.5. The summed E-state index contributed by atoms with van der Waals surface area (Å²) in [6, 6.07) is 0.0625. The summed E-state index contributed by atoms with van der Waals surface area (Å²) in [6.07, 6.45) is 5.71. The van der Waals surface area contributed by atoms with Crippen molar-refractivity contribution < 1.29 is 19.4 Å². The zero-order chi connectivity index (χ0) is 15.4. The number of carboxylic acids is 1. The number of carbonyl (C=O) groups excluding carboxylic acids is 1. The molecule has 1 amide bonds. The first-order valence-corrected chi connectivity index (χ1v) is 7.60. The monoisotopic (exact) mass is 293 g/mol. The van der Waals surface area contributed by atoms with E-state index in [-0.39, 0.29) is 35.3 Å². The van der Waals surface area contributed by atoms with E-state index in [1.54, 1.807) is 7.11 Å². The molecule has 0 saturated heterocycles. The van der Waals surface area contributed by atoms with E-state index in [1.165, 1.54) is 0 Å². The molecule has 5 nitrogen and oxygen atoms in total. The van der Waals surface area contributed by atoms with Crippen LogP contribution in [0.3, 0.4) is 0 Å². The summed E-state index contributed by atoms with van der Waals surface area (Å²) in [6.45, 7) is 4.15. The average Bonchev–Trinajstić information content (AvgIpc) is 3.02. The van der Waals surface area contributed by atoms with E-state index in [0.29, 0.717) is 0 Å². The molecule has 3 rings (SSSR count). The summed E-state index contributed by atoms with van der Waals surface area (Å²) in [7, 11) is 1.69. The van der Waals surface area contributed by atoms with Crippen molar-refractivity contribution in [3.8, 4) is 0 Å². The molecule has 0 heterocycles. The Hall–Kier alpha value is -1.36. The van der Waals surface area contributed by atoms with E-state index < -0.39 is 17.8 Å². The van der Waals surface area contributed by atoms with Gasteiger partial charge in [0.25, 0.3) is 0 Å². The molecule has 2 bridgehead atoms. The van der Waals surface area contributed by atoms with Crippen LogP contribution in [0.15, 0.2) is 12.2 Å². The highest BCUT2D eigenvalue weighted by Crippen LogP contribution is 2.49. The number of carboxylic acid groups (broad SMARTS) is 1. The summed E-state index contributed by atoms with van der Waals surface area (Å²) >= 11 is 0. The Bertz CT molecular complexity index is 499. The number of rotatable bonds is 4. The Balaban J connectivity index is 1.69. The van der Waals surface area contributed by atoms with E-state index >= 15 is 0 Å². The number of nitrogens with one attached hydrogen (secondary N) is 1. The molecule has 4 unspecified atom stereocenters. The number of hydrogen-bond donors (Lipinski definition) is 2. The highest BCUT2D eigenvalue weighted by atomic mass is 16.5. The van der Waals surface area contributed by atoms with Crippen LogP contribution in [-0.2, 0) is 14.3 Å². The maximum absolute atomic E-state index is 12.6. The van der Waals surface area contributed by atoms with Crippen LogP contribution in [0.25, 0.3) is 0 Å². The molecule has 0 radical (unpaired) electrons. The Morgan fingerprint density at radius 1 is 1.19 bits per heavy atom. The number of fused-ring (bicyclic) bond motifs is 2. The minimum atomic E-state index is -0.852. The lowest BCUT2D eigenvalue weighted by Gasteiger charge is -2.51. The van der Waals surface area contributed by atoms with Crippen molar-refractivity contribution in [1.82, 2.24) is 5.32 Å². The number of aliphatic carboxylic acids is 1. The van der Waals surface area contributed by atoms with Crippen LogP contribution >= 0.6 is 0 Å². The molecule has 2 fully saturated rings. The molecule has 0 spiro atoms. The summed E-state index contributed by atoms with van der Waals surface area (Å²) < 4.78 is 5.39. The normalized spacial score (nSPS) is 42.6. The van der Waals surface area contributed by atoms with Gasteiger partial charge in [0.15, 0.2) is 0 Å². The van der Waals surface area contributed by atoms with E-state index in [0.717, 1.165) is 12.8 Å². The van der Waals surface area contributed by atoms with Crippen molar-refractivity contribution >= 4 is 11.9 Å². The van der Waals surface area contributed by atoms with E-state index in [2.05, 4.69) is 19.2 Å². The highest BCUT2D eigenvalue weighted by molar-refractivity contribution is 5.87. The summed E-state index contributed by atoms with van der Waals surface area (Å²) in [5.41, 5.74) is -0.101. The van der Waals surface area contributed by atoms with Gasteiger partial charge in [-0.3, -0.25) is 9.59 Å². The fourth-order valence-corrected chi connectivity index (χ4v) is 4.31. The fourth-order valence-electron chi connectivity index (χ4n) is 4.31. The van der Waals surface area contributed by atoms with Gasteiger partial charge in [0.1, 0.15) is 0 Å². The molecule has 2 saturated carbocycles. The number of amides is 1. The van der Waals surface area contributed by atoms with Crippen LogP contribution < -0.4 is 5.32 Å². The molecule has 21 heavy (non-hydrogen) atoms. The fraction of sp³-hybridized carbons (Fsp3) is 0.750. The minimum absolute atomic E-state index is 0.0179. The molecule has 3 aliphatic rings. The predicted molar refractivity (Wildman–Crippen MR) is 76.5 cm³/mol. The van der Waals surface area contributed by atoms with Gasteiger partial charge in [0.2, 0.25) is 5.91 Å². The highest BCUT2D eigenvalue weighted by Gasteiger charge is 2.54. The van der Waals surface area contributed by atoms with Crippen molar-refractivity contribution in [3.05, 3.63) is 12.2 Å². The summed E-state index contributed by atoms with van der Waals surface area (Å²) in [4.78, 5) is 24.1. The third-order valence-electron chi connectivity index (χ3n) is 5.83. The molecule has 2 N–H and O–H groups in total. The van der Waals surface area contributed by atoms with Crippen LogP contribution in [0.1, 0.15) is 26.7 Å². The van der Waals surface area contributed by atoms with Gasteiger partial charge >= 0.3 is 5.97 Å². The first kappa shape index (κ1) is 14.6. The van der Waals surface area contributed by atoms with Gasteiger partial charge in [-0.05, 0) is 24.7 Å². The van der Waals surface area contributed by atoms with Crippen LogP contribution in [0.4, 0.5) is 0 Å².